The molecule has 1 aliphatic heterocycles. The van der Waals surface area contributed by atoms with Gasteiger partial charge in [0.05, 0.1) is 13.7 Å². The van der Waals surface area contributed by atoms with Crippen molar-refractivity contribution in [2.75, 3.05) is 46.9 Å². The van der Waals surface area contributed by atoms with Gasteiger partial charge in [-0.3, -0.25) is 9.69 Å². The molecule has 0 atom stereocenters. The number of methoxy groups -OCH3 is 1. The van der Waals surface area contributed by atoms with Gasteiger partial charge >= 0.3 is 0 Å². The van der Waals surface area contributed by atoms with E-state index in [4.69, 9.17) is 4.74 Å². The van der Waals surface area contributed by atoms with E-state index in [1.165, 1.54) is 0 Å². The average Bonchev–Trinajstić information content (AvgIpc) is 2.48. The second kappa shape index (κ2) is 6.80. The highest BCUT2D eigenvalue weighted by Crippen LogP contribution is 2.32. The lowest BCUT2D eigenvalue weighted by Gasteiger charge is -2.31. The van der Waals surface area contributed by atoms with E-state index in [0.717, 1.165) is 43.1 Å². The van der Waals surface area contributed by atoms with Crippen molar-refractivity contribution in [3.05, 3.63) is 29.3 Å². The third kappa shape index (κ3) is 4.08. The minimum Gasteiger partial charge on any atom is -0.496 e. The van der Waals surface area contributed by atoms with Crippen LogP contribution in [-0.2, 0) is 5.41 Å². The van der Waals surface area contributed by atoms with E-state index in [-0.39, 0.29) is 11.2 Å². The fourth-order valence-electron chi connectivity index (χ4n) is 2.77. The number of carbonyl (C=O) groups excluding carboxylic acids is 1. The second-order valence-corrected chi connectivity index (χ2v) is 7.17. The first-order valence-electron chi connectivity index (χ1n) is 7.94. The zero-order chi connectivity index (χ0) is 16.3. The number of nitrogens with zero attached hydrogens (tertiary/aromatic N) is 2. The lowest BCUT2D eigenvalue weighted by molar-refractivity contribution is 0.0876. The van der Waals surface area contributed by atoms with Gasteiger partial charge < -0.3 is 9.64 Å². The molecule has 4 heteroatoms. The minimum absolute atomic E-state index is 0.0462. The molecule has 0 aromatic heterocycles. The van der Waals surface area contributed by atoms with Crippen molar-refractivity contribution in [2.45, 2.75) is 26.2 Å². The molecule has 1 aromatic carbocycles. The summed E-state index contributed by atoms with van der Waals surface area (Å²) >= 11 is 0. The van der Waals surface area contributed by atoms with E-state index in [2.05, 4.69) is 37.6 Å². The highest BCUT2D eigenvalue weighted by molar-refractivity contribution is 5.98. The maximum absolute atomic E-state index is 12.6. The second-order valence-electron chi connectivity index (χ2n) is 7.17. The Bertz CT molecular complexity index is 526. The quantitative estimate of drug-likeness (QED) is 0.800. The topological polar surface area (TPSA) is 32.8 Å². The first-order chi connectivity index (χ1) is 10.3. The number of likely N-dealkylation sites (N-methyl/N-ethyl adjacent to an activating group) is 1. The molecular formula is C18H28N2O2. The lowest BCUT2D eigenvalue weighted by atomic mass is 9.85. The van der Waals surface area contributed by atoms with E-state index >= 15 is 0 Å². The Labute approximate surface area is 134 Å². The van der Waals surface area contributed by atoms with Crippen LogP contribution in [0.15, 0.2) is 18.2 Å². The number of piperazine rings is 1. The van der Waals surface area contributed by atoms with Crippen molar-refractivity contribution in [1.82, 2.24) is 9.80 Å². The summed E-state index contributed by atoms with van der Waals surface area (Å²) in [5.74, 6) is 1.04. The normalized spacial score (nSPS) is 17.5. The summed E-state index contributed by atoms with van der Waals surface area (Å²) in [6.45, 7) is 10.9. The van der Waals surface area contributed by atoms with Gasteiger partial charge in [0.25, 0.3) is 0 Å². The number of hydrogen-bond donors (Lipinski definition) is 0. The number of hydrogen-bond acceptors (Lipinski definition) is 4. The van der Waals surface area contributed by atoms with E-state index in [1.54, 1.807) is 7.11 Å². The highest BCUT2D eigenvalue weighted by Gasteiger charge is 2.22. The van der Waals surface area contributed by atoms with Gasteiger partial charge in [-0.25, -0.2) is 0 Å². The lowest BCUT2D eigenvalue weighted by Crippen LogP contribution is -2.46. The van der Waals surface area contributed by atoms with Crippen LogP contribution in [0.1, 0.15) is 36.7 Å². The van der Waals surface area contributed by atoms with Crippen LogP contribution in [0, 0.1) is 0 Å². The van der Waals surface area contributed by atoms with Gasteiger partial charge in [0.15, 0.2) is 5.78 Å². The van der Waals surface area contributed by atoms with Crippen molar-refractivity contribution in [3.8, 4) is 5.75 Å². The summed E-state index contributed by atoms with van der Waals surface area (Å²) in [5.41, 5.74) is 1.82. The number of benzene rings is 1. The Morgan fingerprint density at radius 1 is 1.18 bits per heavy atom. The molecule has 122 valence electrons. The summed E-state index contributed by atoms with van der Waals surface area (Å²) in [5, 5.41) is 0. The Balaban J connectivity index is 2.13. The summed E-state index contributed by atoms with van der Waals surface area (Å²) in [6, 6.07) is 5.79. The summed E-state index contributed by atoms with van der Waals surface area (Å²) in [4.78, 5) is 17.1. The zero-order valence-electron chi connectivity index (χ0n) is 14.5. The molecule has 22 heavy (non-hydrogen) atoms. The number of carbonyl (C=O) groups is 1. The zero-order valence-corrected chi connectivity index (χ0v) is 14.5. The Kier molecular flexibility index (Phi) is 5.24. The van der Waals surface area contributed by atoms with Crippen LogP contribution in [-0.4, -0.2) is 62.5 Å². The molecule has 0 N–H and O–H groups in total. The van der Waals surface area contributed by atoms with Crippen LogP contribution < -0.4 is 4.74 Å². The van der Waals surface area contributed by atoms with Crippen LogP contribution in [0.4, 0.5) is 0 Å². The summed E-state index contributed by atoms with van der Waals surface area (Å²) in [7, 11) is 3.80. The van der Waals surface area contributed by atoms with Crippen molar-refractivity contribution >= 4 is 5.78 Å². The van der Waals surface area contributed by atoms with Gasteiger partial charge in [-0.2, -0.15) is 0 Å². The third-order valence-electron chi connectivity index (χ3n) is 4.29. The first kappa shape index (κ1) is 17.0. The fourth-order valence-corrected chi connectivity index (χ4v) is 2.77. The van der Waals surface area contributed by atoms with Crippen molar-refractivity contribution in [3.63, 3.8) is 0 Å². The van der Waals surface area contributed by atoms with Gasteiger partial charge in [0.1, 0.15) is 5.75 Å². The molecule has 2 rings (SSSR count). The van der Waals surface area contributed by atoms with Crippen LogP contribution in [0.5, 0.6) is 5.75 Å². The van der Waals surface area contributed by atoms with Gasteiger partial charge in [-0.15, -0.1) is 0 Å². The Hall–Kier alpha value is -1.39. The minimum atomic E-state index is -0.0462. The van der Waals surface area contributed by atoms with E-state index < -0.39 is 0 Å². The molecule has 4 nitrogen and oxygen atoms in total. The maximum Gasteiger partial charge on any atom is 0.176 e. The molecule has 0 radical (unpaired) electrons. The smallest absolute Gasteiger partial charge is 0.176 e. The number of rotatable bonds is 4. The van der Waals surface area contributed by atoms with Crippen LogP contribution in [0.2, 0.25) is 0 Å². The largest absolute Gasteiger partial charge is 0.496 e. The predicted molar refractivity (Wildman–Crippen MR) is 90.0 cm³/mol. The number of ether oxygens (including phenoxy) is 1. The molecule has 1 aromatic rings. The van der Waals surface area contributed by atoms with Crippen molar-refractivity contribution < 1.29 is 9.53 Å². The molecule has 0 amide bonds. The number of ketones is 1. The van der Waals surface area contributed by atoms with Gasteiger partial charge in [0.2, 0.25) is 0 Å². The van der Waals surface area contributed by atoms with Crippen molar-refractivity contribution in [2.24, 2.45) is 0 Å². The third-order valence-corrected chi connectivity index (χ3v) is 4.29. The molecule has 1 heterocycles. The molecule has 0 bridgehead atoms. The monoisotopic (exact) mass is 304 g/mol. The first-order valence-corrected chi connectivity index (χ1v) is 7.94. The molecule has 1 saturated heterocycles. The summed E-state index contributed by atoms with van der Waals surface area (Å²) < 4.78 is 5.44. The van der Waals surface area contributed by atoms with Crippen LogP contribution >= 0.6 is 0 Å². The molecule has 0 unspecified atom stereocenters. The fraction of sp³-hybridized carbons (Fsp3) is 0.611. The summed E-state index contributed by atoms with van der Waals surface area (Å²) in [6.07, 6.45) is 0. The molecular weight excluding hydrogens is 276 g/mol. The molecule has 0 aliphatic carbocycles. The van der Waals surface area contributed by atoms with E-state index in [0.29, 0.717) is 6.54 Å². The van der Waals surface area contributed by atoms with Gasteiger partial charge in [-0.1, -0.05) is 20.8 Å². The van der Waals surface area contributed by atoms with Gasteiger partial charge in [0, 0.05) is 37.3 Å². The van der Waals surface area contributed by atoms with Crippen molar-refractivity contribution in [1.29, 1.82) is 0 Å². The maximum atomic E-state index is 12.6. The molecule has 0 saturated carbocycles. The Morgan fingerprint density at radius 3 is 2.36 bits per heavy atom. The number of Topliss-reactive ketones (excluding diaryl/α,β-unsaturated/α-hetero) is 1. The Morgan fingerprint density at radius 2 is 1.82 bits per heavy atom. The van der Waals surface area contributed by atoms with Gasteiger partial charge in [-0.05, 0) is 30.7 Å². The van der Waals surface area contributed by atoms with E-state index in [1.807, 2.05) is 18.2 Å². The average molecular weight is 304 g/mol. The highest BCUT2D eigenvalue weighted by atomic mass is 16.5. The van der Waals surface area contributed by atoms with Crippen LogP contribution in [0.25, 0.3) is 0 Å². The van der Waals surface area contributed by atoms with Crippen LogP contribution in [0.3, 0.4) is 0 Å². The molecule has 0 spiro atoms. The molecule has 1 aliphatic rings. The molecule has 1 fully saturated rings. The van der Waals surface area contributed by atoms with E-state index in [9.17, 15) is 4.79 Å². The predicted octanol–water partition coefficient (Wildman–Crippen LogP) is 2.42. The SMILES string of the molecule is COc1ccc(C(=O)CN2CCN(C)CC2)cc1C(C)(C)C. The standard InChI is InChI=1S/C18H28N2O2/c1-18(2,3)15-12-14(6-7-17(15)22-5)16(21)13-20-10-8-19(4)9-11-20/h6-7,12H,8-11,13H2,1-5H3.